The Morgan fingerprint density at radius 2 is 1.56 bits per heavy atom. The summed E-state index contributed by atoms with van der Waals surface area (Å²) in [6.07, 6.45) is 2.18. The fourth-order valence-corrected chi connectivity index (χ4v) is 5.95. The van der Waals surface area contributed by atoms with Gasteiger partial charge >= 0.3 is 0 Å². The van der Waals surface area contributed by atoms with E-state index in [1.165, 1.54) is 5.56 Å². The fraction of sp³-hybridized carbons (Fsp3) is 0.133. The maximum Gasteiger partial charge on any atom is 0.164 e. The summed E-state index contributed by atoms with van der Waals surface area (Å²) in [7, 11) is 3.43. The molecule has 1 aliphatic heterocycles. The second kappa shape index (κ2) is 9.21. The van der Waals surface area contributed by atoms with E-state index in [2.05, 4.69) is 43.3 Å². The van der Waals surface area contributed by atoms with E-state index in [1.54, 1.807) is 26.0 Å². The van der Waals surface area contributed by atoms with E-state index < -0.39 is 0 Å². The fourth-order valence-electron chi connectivity index (χ4n) is 4.85. The van der Waals surface area contributed by atoms with Crippen LogP contribution < -0.4 is 9.47 Å². The predicted octanol–water partition coefficient (Wildman–Crippen LogP) is 7.16. The van der Waals surface area contributed by atoms with Crippen molar-refractivity contribution in [2.24, 2.45) is 0 Å². The highest BCUT2D eigenvalue weighted by Crippen LogP contribution is 2.49. The highest BCUT2D eigenvalue weighted by Gasteiger charge is 2.29. The SMILES string of the molecule is COc1ccccc1/C=C1\SCc2c1nc1c(c(C)nn1-c1ccccc1)c2-c1ccccc1OC. The Hall–Kier alpha value is -4.03. The minimum Gasteiger partial charge on any atom is -0.496 e. The van der Waals surface area contributed by atoms with Crippen molar-refractivity contribution in [3.05, 3.63) is 101 Å². The summed E-state index contributed by atoms with van der Waals surface area (Å²) in [6, 6.07) is 26.4. The van der Waals surface area contributed by atoms with Gasteiger partial charge in [0.05, 0.1) is 36.7 Å². The lowest BCUT2D eigenvalue weighted by Gasteiger charge is -2.14. The maximum absolute atomic E-state index is 5.81. The molecule has 3 heterocycles. The molecule has 6 rings (SSSR count). The number of para-hydroxylation sites is 3. The first-order chi connectivity index (χ1) is 17.7. The zero-order valence-electron chi connectivity index (χ0n) is 20.4. The van der Waals surface area contributed by atoms with Crippen LogP contribution in [0.25, 0.3) is 38.8 Å². The van der Waals surface area contributed by atoms with E-state index in [-0.39, 0.29) is 0 Å². The second-order valence-corrected chi connectivity index (χ2v) is 9.60. The van der Waals surface area contributed by atoms with Gasteiger partial charge in [0.1, 0.15) is 11.5 Å². The van der Waals surface area contributed by atoms with Crippen molar-refractivity contribution < 1.29 is 9.47 Å². The van der Waals surface area contributed by atoms with Crippen molar-refractivity contribution in [2.75, 3.05) is 14.2 Å². The number of methoxy groups -OCH3 is 2. The Labute approximate surface area is 214 Å². The zero-order valence-corrected chi connectivity index (χ0v) is 21.2. The summed E-state index contributed by atoms with van der Waals surface area (Å²) in [5.74, 6) is 2.50. The lowest BCUT2D eigenvalue weighted by atomic mass is 9.94. The van der Waals surface area contributed by atoms with Gasteiger partial charge in [0.2, 0.25) is 0 Å². The number of benzene rings is 3. The first-order valence-corrected chi connectivity index (χ1v) is 12.8. The van der Waals surface area contributed by atoms with Crippen molar-refractivity contribution in [2.45, 2.75) is 12.7 Å². The van der Waals surface area contributed by atoms with Crippen molar-refractivity contribution in [3.8, 4) is 28.3 Å². The molecule has 2 aromatic heterocycles. The minimum atomic E-state index is 0.822. The highest BCUT2D eigenvalue weighted by atomic mass is 32.2. The van der Waals surface area contributed by atoms with Gasteiger partial charge in [-0.2, -0.15) is 5.10 Å². The average Bonchev–Trinajstić information content (AvgIpc) is 3.48. The molecule has 0 saturated carbocycles. The zero-order chi connectivity index (χ0) is 24.6. The van der Waals surface area contributed by atoms with E-state index in [0.29, 0.717) is 0 Å². The van der Waals surface area contributed by atoms with Crippen LogP contribution in [0.5, 0.6) is 11.5 Å². The van der Waals surface area contributed by atoms with Crippen LogP contribution in [-0.4, -0.2) is 29.0 Å². The third-order valence-electron chi connectivity index (χ3n) is 6.50. The van der Waals surface area contributed by atoms with Gasteiger partial charge in [-0.1, -0.05) is 54.6 Å². The molecule has 0 bridgehead atoms. The van der Waals surface area contributed by atoms with Gasteiger partial charge in [-0.25, -0.2) is 9.67 Å². The molecule has 0 N–H and O–H groups in total. The summed E-state index contributed by atoms with van der Waals surface area (Å²) in [6.45, 7) is 2.06. The second-order valence-electron chi connectivity index (χ2n) is 8.58. The Balaban J connectivity index is 1.68. The number of pyridine rings is 1. The van der Waals surface area contributed by atoms with Crippen molar-refractivity contribution in [1.82, 2.24) is 14.8 Å². The van der Waals surface area contributed by atoms with Crippen LogP contribution in [0.2, 0.25) is 0 Å². The number of aryl methyl sites for hydroxylation is 1. The largest absolute Gasteiger partial charge is 0.496 e. The summed E-state index contributed by atoms with van der Waals surface area (Å²) in [5.41, 5.74) is 8.18. The van der Waals surface area contributed by atoms with Crippen molar-refractivity contribution in [1.29, 1.82) is 0 Å². The van der Waals surface area contributed by atoms with E-state index >= 15 is 0 Å². The molecule has 0 atom stereocenters. The number of aromatic nitrogens is 3. The molecule has 1 aliphatic rings. The summed E-state index contributed by atoms with van der Waals surface area (Å²) in [4.78, 5) is 6.37. The van der Waals surface area contributed by atoms with Crippen LogP contribution in [0, 0.1) is 6.92 Å². The summed E-state index contributed by atoms with van der Waals surface area (Å²) < 4.78 is 13.4. The molecule has 0 amide bonds. The monoisotopic (exact) mass is 491 g/mol. The van der Waals surface area contributed by atoms with Crippen molar-refractivity contribution >= 4 is 33.8 Å². The molecule has 0 unspecified atom stereocenters. The molecule has 6 heteroatoms. The summed E-state index contributed by atoms with van der Waals surface area (Å²) >= 11 is 1.80. The number of thioether (sulfide) groups is 1. The van der Waals surface area contributed by atoms with Gasteiger partial charge in [0.15, 0.2) is 5.65 Å². The molecule has 3 aromatic carbocycles. The van der Waals surface area contributed by atoms with Gasteiger partial charge in [-0.05, 0) is 42.8 Å². The molecule has 0 saturated heterocycles. The van der Waals surface area contributed by atoms with E-state index in [1.807, 2.05) is 53.2 Å². The molecule has 0 radical (unpaired) electrons. The van der Waals surface area contributed by atoms with Crippen LogP contribution in [0.4, 0.5) is 0 Å². The number of rotatable bonds is 5. The molecule has 0 spiro atoms. The lowest BCUT2D eigenvalue weighted by molar-refractivity contribution is 0.414. The molecule has 0 fully saturated rings. The van der Waals surface area contributed by atoms with Crippen LogP contribution in [0.15, 0.2) is 78.9 Å². The average molecular weight is 492 g/mol. The van der Waals surface area contributed by atoms with Crippen LogP contribution in [0.3, 0.4) is 0 Å². The number of fused-ring (bicyclic) bond motifs is 2. The van der Waals surface area contributed by atoms with E-state index in [9.17, 15) is 0 Å². The first-order valence-electron chi connectivity index (χ1n) is 11.8. The minimum absolute atomic E-state index is 0.822. The first kappa shape index (κ1) is 22.4. The quantitative estimate of drug-likeness (QED) is 0.261. The molecule has 178 valence electrons. The van der Waals surface area contributed by atoms with Gasteiger partial charge in [0, 0.05) is 27.3 Å². The Bertz CT molecular complexity index is 1620. The molecular weight excluding hydrogens is 466 g/mol. The van der Waals surface area contributed by atoms with Crippen LogP contribution in [-0.2, 0) is 5.75 Å². The van der Waals surface area contributed by atoms with E-state index in [0.717, 1.165) is 67.0 Å². The molecule has 0 aliphatic carbocycles. The Morgan fingerprint density at radius 3 is 2.33 bits per heavy atom. The third-order valence-corrected chi connectivity index (χ3v) is 7.55. The van der Waals surface area contributed by atoms with Gasteiger partial charge < -0.3 is 9.47 Å². The highest BCUT2D eigenvalue weighted by molar-refractivity contribution is 8.08. The van der Waals surface area contributed by atoms with E-state index in [4.69, 9.17) is 19.6 Å². The third kappa shape index (κ3) is 3.65. The molecule has 5 aromatic rings. The normalized spacial score (nSPS) is 13.8. The number of hydrogen-bond donors (Lipinski definition) is 0. The van der Waals surface area contributed by atoms with Crippen LogP contribution >= 0.6 is 11.8 Å². The Morgan fingerprint density at radius 1 is 0.861 bits per heavy atom. The number of ether oxygens (including phenoxy) is 2. The lowest BCUT2D eigenvalue weighted by Crippen LogP contribution is -2.01. The number of nitrogens with zero attached hydrogens (tertiary/aromatic N) is 3. The molecule has 5 nitrogen and oxygen atoms in total. The number of hydrogen-bond acceptors (Lipinski definition) is 5. The molecule has 36 heavy (non-hydrogen) atoms. The van der Waals surface area contributed by atoms with Gasteiger partial charge in [-0.15, -0.1) is 11.8 Å². The Kier molecular flexibility index (Phi) is 5.74. The van der Waals surface area contributed by atoms with Gasteiger partial charge in [-0.3, -0.25) is 0 Å². The van der Waals surface area contributed by atoms with Crippen LogP contribution in [0.1, 0.15) is 22.5 Å². The summed E-state index contributed by atoms with van der Waals surface area (Å²) in [5, 5.41) is 6.00. The maximum atomic E-state index is 5.81. The standard InChI is InChI=1S/C30H25N3O2S/c1-19-27-28(22-14-8-10-16-25(22)35-3)23-18-36-26(17-20-11-7-9-15-24(20)34-2)29(23)31-30(27)33(32-19)21-12-5-4-6-13-21/h4-17H,18H2,1-3H3/b26-17-. The van der Waals surface area contributed by atoms with Crippen molar-refractivity contribution in [3.63, 3.8) is 0 Å². The van der Waals surface area contributed by atoms with Gasteiger partial charge in [0.25, 0.3) is 0 Å². The topological polar surface area (TPSA) is 49.2 Å². The predicted molar refractivity (Wildman–Crippen MR) is 148 cm³/mol. The molecular formula is C30H25N3O2S. The smallest absolute Gasteiger partial charge is 0.164 e.